The van der Waals surface area contributed by atoms with Crippen molar-refractivity contribution in [2.24, 2.45) is 0 Å². The van der Waals surface area contributed by atoms with Gasteiger partial charge in [0.05, 0.1) is 0 Å². The maximum absolute atomic E-state index is 10.4. The molecule has 5 heteroatoms. The number of carbonyl (C=O) groups excluding carboxylic acids is 1. The van der Waals surface area contributed by atoms with Gasteiger partial charge in [-0.1, -0.05) is 17.7 Å². The first-order valence-corrected chi connectivity index (χ1v) is 4.27. The number of aldehydes is 1. The normalized spacial score (nSPS) is 8.81. The van der Waals surface area contributed by atoms with Crippen molar-refractivity contribution in [1.82, 2.24) is 4.98 Å². The summed E-state index contributed by atoms with van der Waals surface area (Å²) in [5.41, 5.74) is 2.38. The molecule has 2 aromatic rings. The Morgan fingerprint density at radius 3 is 2.31 bits per heavy atom. The van der Waals surface area contributed by atoms with Crippen LogP contribution in [0.1, 0.15) is 16.1 Å². The molecule has 86 valence electrons. The van der Waals surface area contributed by atoms with Crippen molar-refractivity contribution >= 4 is 31.1 Å². The minimum Gasteiger partial charge on any atom is -0.444 e. The molecule has 0 saturated carbocycles. The van der Waals surface area contributed by atoms with Gasteiger partial charge >= 0.3 is 0 Å². The van der Waals surface area contributed by atoms with Gasteiger partial charge < -0.3 is 4.42 Å². The molecule has 0 spiro atoms. The Bertz CT molecular complexity index is 451. The molecule has 0 amide bonds. The van der Waals surface area contributed by atoms with E-state index in [0.717, 1.165) is 5.56 Å². The number of hydrogen-bond donors (Lipinski definition) is 0. The number of benzene rings is 1. The molecule has 0 fully saturated rings. The first kappa shape index (κ1) is 14.7. The highest BCUT2D eigenvalue weighted by Crippen LogP contribution is 2.18. The number of oxazole rings is 1. The molecule has 16 heavy (non-hydrogen) atoms. The van der Waals surface area contributed by atoms with Crippen LogP contribution >= 0.6 is 24.8 Å². The Morgan fingerprint density at radius 1 is 1.19 bits per heavy atom. The van der Waals surface area contributed by atoms with Crippen molar-refractivity contribution in [2.45, 2.75) is 6.92 Å². The second kappa shape index (κ2) is 6.30. The Balaban J connectivity index is 0.00000112. The highest BCUT2D eigenvalue weighted by atomic mass is 35.5. The molecule has 0 unspecified atom stereocenters. The largest absolute Gasteiger partial charge is 0.444 e. The molecule has 3 nitrogen and oxygen atoms in total. The van der Waals surface area contributed by atoms with E-state index < -0.39 is 0 Å². The lowest BCUT2D eigenvalue weighted by Crippen LogP contribution is -1.80. The maximum atomic E-state index is 10.4. The van der Waals surface area contributed by atoms with E-state index in [4.69, 9.17) is 4.42 Å². The number of carbonyl (C=O) groups is 1. The summed E-state index contributed by atoms with van der Waals surface area (Å²) in [7, 11) is 0. The van der Waals surface area contributed by atoms with Gasteiger partial charge in [0, 0.05) is 5.56 Å². The van der Waals surface area contributed by atoms with E-state index >= 15 is 0 Å². The molecular weight excluding hydrogens is 249 g/mol. The van der Waals surface area contributed by atoms with Crippen LogP contribution in [0.2, 0.25) is 0 Å². The van der Waals surface area contributed by atoms with Gasteiger partial charge in [-0.05, 0) is 19.1 Å². The third kappa shape index (κ3) is 3.08. The number of nitrogens with zero attached hydrogens (tertiary/aromatic N) is 1. The van der Waals surface area contributed by atoms with E-state index in [1.54, 1.807) is 0 Å². The van der Waals surface area contributed by atoms with Crippen LogP contribution in [0, 0.1) is 6.92 Å². The maximum Gasteiger partial charge on any atom is 0.226 e. The molecule has 0 atom stereocenters. The fourth-order valence-corrected chi connectivity index (χ4v) is 1.17. The van der Waals surface area contributed by atoms with Gasteiger partial charge in [0.15, 0.2) is 6.29 Å². The van der Waals surface area contributed by atoms with Gasteiger partial charge in [0.25, 0.3) is 0 Å². The molecule has 1 aromatic heterocycles. The van der Waals surface area contributed by atoms with Crippen LogP contribution in [-0.2, 0) is 0 Å². The summed E-state index contributed by atoms with van der Waals surface area (Å²) in [6.07, 6.45) is 2.02. The molecule has 2 rings (SSSR count). The highest BCUT2D eigenvalue weighted by molar-refractivity contribution is 5.85. The van der Waals surface area contributed by atoms with E-state index in [-0.39, 0.29) is 24.8 Å². The van der Waals surface area contributed by atoms with E-state index in [2.05, 4.69) is 4.98 Å². The summed E-state index contributed by atoms with van der Waals surface area (Å²) in [6, 6.07) is 7.77. The van der Waals surface area contributed by atoms with Crippen LogP contribution in [-0.4, -0.2) is 11.3 Å². The zero-order chi connectivity index (χ0) is 9.97. The minimum atomic E-state index is 0. The van der Waals surface area contributed by atoms with Crippen molar-refractivity contribution in [3.63, 3.8) is 0 Å². The second-order valence-corrected chi connectivity index (χ2v) is 3.06. The first-order chi connectivity index (χ1) is 6.79. The molecule has 1 heterocycles. The smallest absolute Gasteiger partial charge is 0.226 e. The predicted octanol–water partition coefficient (Wildman–Crippen LogP) is 3.31. The number of aryl methyl sites for hydroxylation is 1. The first-order valence-electron chi connectivity index (χ1n) is 4.27. The van der Waals surface area contributed by atoms with E-state index in [1.807, 2.05) is 31.2 Å². The summed E-state index contributed by atoms with van der Waals surface area (Å²) in [4.78, 5) is 14.4. The van der Waals surface area contributed by atoms with Gasteiger partial charge in [0.2, 0.25) is 5.89 Å². The molecular formula is C11H11Cl2NO2. The van der Waals surface area contributed by atoms with Crippen LogP contribution in [0.4, 0.5) is 0 Å². The molecule has 0 saturated heterocycles. The standard InChI is InChI=1S/C11H9NO2.2ClH/c1-8-2-4-9(5-3-8)11-12-10(6-13)7-14-11;;/h2-7H,1H3;2*1H. The predicted molar refractivity (Wildman–Crippen MR) is 66.6 cm³/mol. The summed E-state index contributed by atoms with van der Waals surface area (Å²) in [5.74, 6) is 0.479. The fourth-order valence-electron chi connectivity index (χ4n) is 1.17. The SMILES string of the molecule is Cc1ccc(-c2nc(C=O)co2)cc1.Cl.Cl. The molecule has 0 bridgehead atoms. The zero-order valence-corrected chi connectivity index (χ0v) is 10.2. The van der Waals surface area contributed by atoms with Crippen molar-refractivity contribution < 1.29 is 9.21 Å². The second-order valence-electron chi connectivity index (χ2n) is 3.06. The van der Waals surface area contributed by atoms with Crippen LogP contribution in [0.15, 0.2) is 34.9 Å². The summed E-state index contributed by atoms with van der Waals surface area (Å²) < 4.78 is 5.14. The monoisotopic (exact) mass is 259 g/mol. The van der Waals surface area contributed by atoms with Crippen molar-refractivity contribution in [1.29, 1.82) is 0 Å². The highest BCUT2D eigenvalue weighted by Gasteiger charge is 2.04. The van der Waals surface area contributed by atoms with Crippen LogP contribution < -0.4 is 0 Å². The molecule has 0 aliphatic rings. The van der Waals surface area contributed by atoms with Gasteiger partial charge in [-0.3, -0.25) is 4.79 Å². The van der Waals surface area contributed by atoms with Gasteiger partial charge in [-0.2, -0.15) is 0 Å². The third-order valence-electron chi connectivity index (χ3n) is 1.94. The summed E-state index contributed by atoms with van der Waals surface area (Å²) >= 11 is 0. The van der Waals surface area contributed by atoms with Crippen molar-refractivity contribution in [3.05, 3.63) is 41.8 Å². The average molecular weight is 260 g/mol. The topological polar surface area (TPSA) is 43.1 Å². The fraction of sp³-hybridized carbons (Fsp3) is 0.0909. The Morgan fingerprint density at radius 2 is 1.81 bits per heavy atom. The Hall–Kier alpha value is -1.32. The van der Waals surface area contributed by atoms with Gasteiger partial charge in [-0.15, -0.1) is 24.8 Å². The molecule has 0 aliphatic carbocycles. The molecule has 0 aliphatic heterocycles. The van der Waals surface area contributed by atoms with Crippen molar-refractivity contribution in [3.8, 4) is 11.5 Å². The number of aromatic nitrogens is 1. The molecule has 0 N–H and O–H groups in total. The lowest BCUT2D eigenvalue weighted by atomic mass is 10.1. The number of hydrogen-bond acceptors (Lipinski definition) is 3. The molecule has 0 radical (unpaired) electrons. The molecule has 1 aromatic carbocycles. The Kier molecular flexibility index (Phi) is 5.78. The van der Waals surface area contributed by atoms with Gasteiger partial charge in [-0.25, -0.2) is 4.98 Å². The number of halogens is 2. The van der Waals surface area contributed by atoms with Crippen LogP contribution in [0.25, 0.3) is 11.5 Å². The minimum absolute atomic E-state index is 0. The van der Waals surface area contributed by atoms with E-state index in [0.29, 0.717) is 17.9 Å². The third-order valence-corrected chi connectivity index (χ3v) is 1.94. The van der Waals surface area contributed by atoms with Crippen LogP contribution in [0.5, 0.6) is 0 Å². The van der Waals surface area contributed by atoms with Gasteiger partial charge in [0.1, 0.15) is 12.0 Å². The quantitative estimate of drug-likeness (QED) is 0.778. The van der Waals surface area contributed by atoms with Crippen molar-refractivity contribution in [2.75, 3.05) is 0 Å². The summed E-state index contributed by atoms with van der Waals surface area (Å²) in [5, 5.41) is 0. The van der Waals surface area contributed by atoms with Crippen LogP contribution in [0.3, 0.4) is 0 Å². The number of rotatable bonds is 2. The summed E-state index contributed by atoms with van der Waals surface area (Å²) in [6.45, 7) is 2.01. The lowest BCUT2D eigenvalue weighted by Gasteiger charge is -1.94. The van der Waals surface area contributed by atoms with E-state index in [9.17, 15) is 4.79 Å². The van der Waals surface area contributed by atoms with E-state index in [1.165, 1.54) is 11.8 Å². The zero-order valence-electron chi connectivity index (χ0n) is 8.54. The lowest BCUT2D eigenvalue weighted by molar-refractivity contribution is 0.111. The average Bonchev–Trinajstić information content (AvgIpc) is 2.67. The Labute approximate surface area is 106 Å².